The van der Waals surface area contributed by atoms with Gasteiger partial charge >= 0.3 is 0 Å². The third kappa shape index (κ3) is 3.18. The lowest BCUT2D eigenvalue weighted by atomic mass is 10.1. The number of nitrogens with zero attached hydrogens (tertiary/aromatic N) is 2. The Hall–Kier alpha value is -2.24. The molecule has 0 aliphatic heterocycles. The van der Waals surface area contributed by atoms with Gasteiger partial charge in [0.2, 0.25) is 6.20 Å². The third-order valence-electron chi connectivity index (χ3n) is 1.76. The second-order valence-electron chi connectivity index (χ2n) is 2.77. The van der Waals surface area contributed by atoms with Crippen LogP contribution in [0.25, 0.3) is 0 Å². The van der Waals surface area contributed by atoms with Crippen molar-refractivity contribution in [2.75, 3.05) is 0 Å². The SMILES string of the molecule is O=[N+]([O-])C=CC(c1ccccc1)[N+](=O)[O-]. The largest absolute Gasteiger partial charge is 0.264 e. The van der Waals surface area contributed by atoms with Crippen molar-refractivity contribution in [3.63, 3.8) is 0 Å². The van der Waals surface area contributed by atoms with Crippen molar-refractivity contribution < 1.29 is 9.85 Å². The number of hydrogen-bond acceptors (Lipinski definition) is 4. The summed E-state index contributed by atoms with van der Waals surface area (Å²) in [5, 5.41) is 20.7. The predicted molar refractivity (Wildman–Crippen MR) is 52.3 cm³/mol. The molecule has 0 amide bonds. The molecule has 0 N–H and O–H groups in total. The Labute approximate surface area is 85.1 Å². The highest BCUT2D eigenvalue weighted by atomic mass is 16.6. The Morgan fingerprint density at radius 1 is 1.13 bits per heavy atom. The van der Waals surface area contributed by atoms with E-state index in [2.05, 4.69) is 0 Å². The zero-order valence-corrected chi connectivity index (χ0v) is 7.65. The monoisotopic (exact) mass is 208 g/mol. The topological polar surface area (TPSA) is 86.3 Å². The fourth-order valence-corrected chi connectivity index (χ4v) is 1.11. The first-order valence-electron chi connectivity index (χ1n) is 4.11. The fraction of sp³-hybridized carbons (Fsp3) is 0.111. The molecule has 0 radical (unpaired) electrons. The molecule has 1 unspecified atom stereocenters. The zero-order chi connectivity index (χ0) is 11.3. The van der Waals surface area contributed by atoms with Gasteiger partial charge in [-0.05, 0) is 0 Å². The van der Waals surface area contributed by atoms with E-state index in [0.29, 0.717) is 11.8 Å². The van der Waals surface area contributed by atoms with Crippen LogP contribution in [0.15, 0.2) is 42.6 Å². The van der Waals surface area contributed by atoms with Gasteiger partial charge in [0.1, 0.15) is 0 Å². The highest BCUT2D eigenvalue weighted by Gasteiger charge is 2.19. The van der Waals surface area contributed by atoms with Gasteiger partial charge in [-0.25, -0.2) is 0 Å². The molecule has 0 fully saturated rings. The summed E-state index contributed by atoms with van der Waals surface area (Å²) in [6.07, 6.45) is 1.54. The minimum atomic E-state index is -1.17. The molecule has 1 rings (SSSR count). The van der Waals surface area contributed by atoms with Crippen LogP contribution in [-0.4, -0.2) is 9.85 Å². The number of nitro groups is 2. The minimum absolute atomic E-state index is 0.417. The number of benzene rings is 1. The van der Waals surface area contributed by atoms with Crippen molar-refractivity contribution in [2.24, 2.45) is 0 Å². The van der Waals surface area contributed by atoms with Crippen LogP contribution in [0.3, 0.4) is 0 Å². The lowest BCUT2D eigenvalue weighted by molar-refractivity contribution is -0.517. The Balaban J connectivity index is 2.94. The zero-order valence-electron chi connectivity index (χ0n) is 7.65. The van der Waals surface area contributed by atoms with Crippen LogP contribution in [-0.2, 0) is 0 Å². The van der Waals surface area contributed by atoms with Crippen LogP contribution in [0.1, 0.15) is 11.6 Å². The van der Waals surface area contributed by atoms with E-state index in [4.69, 9.17) is 0 Å². The summed E-state index contributed by atoms with van der Waals surface area (Å²) in [4.78, 5) is 19.4. The minimum Gasteiger partial charge on any atom is -0.264 e. The first-order chi connectivity index (χ1) is 7.11. The normalized spacial score (nSPS) is 12.5. The van der Waals surface area contributed by atoms with Crippen molar-refractivity contribution in [3.05, 3.63) is 68.4 Å². The van der Waals surface area contributed by atoms with Crippen LogP contribution in [0, 0.1) is 20.2 Å². The molecular weight excluding hydrogens is 200 g/mol. The van der Waals surface area contributed by atoms with Crippen LogP contribution >= 0.6 is 0 Å². The molecule has 0 aromatic heterocycles. The van der Waals surface area contributed by atoms with Crippen LogP contribution in [0.2, 0.25) is 0 Å². The number of rotatable bonds is 4. The van der Waals surface area contributed by atoms with E-state index in [-0.39, 0.29) is 0 Å². The summed E-state index contributed by atoms with van der Waals surface area (Å²) in [6.45, 7) is 0. The maximum absolute atomic E-state index is 10.6. The quantitative estimate of drug-likeness (QED) is 0.557. The molecule has 0 saturated heterocycles. The lowest BCUT2D eigenvalue weighted by Gasteiger charge is -2.02. The van der Waals surface area contributed by atoms with E-state index in [1.54, 1.807) is 30.3 Å². The summed E-state index contributed by atoms with van der Waals surface area (Å²) < 4.78 is 0. The van der Waals surface area contributed by atoms with Crippen LogP contribution in [0.5, 0.6) is 0 Å². The summed E-state index contributed by atoms with van der Waals surface area (Å²) in [7, 11) is 0. The smallest absolute Gasteiger partial charge is 0.262 e. The van der Waals surface area contributed by atoms with Crippen molar-refractivity contribution >= 4 is 0 Å². The van der Waals surface area contributed by atoms with Crippen molar-refractivity contribution in [3.8, 4) is 0 Å². The molecule has 0 aliphatic rings. The predicted octanol–water partition coefficient (Wildman–Crippen LogP) is 1.79. The second kappa shape index (κ2) is 4.85. The lowest BCUT2D eigenvalue weighted by Crippen LogP contribution is -2.07. The molecular formula is C9H8N2O4. The van der Waals surface area contributed by atoms with Gasteiger partial charge in [0.05, 0.1) is 11.0 Å². The van der Waals surface area contributed by atoms with Gasteiger partial charge in [-0.3, -0.25) is 20.2 Å². The van der Waals surface area contributed by atoms with Crippen molar-refractivity contribution in [2.45, 2.75) is 6.04 Å². The molecule has 15 heavy (non-hydrogen) atoms. The van der Waals surface area contributed by atoms with E-state index in [1.165, 1.54) is 0 Å². The van der Waals surface area contributed by atoms with E-state index >= 15 is 0 Å². The molecule has 78 valence electrons. The first-order valence-corrected chi connectivity index (χ1v) is 4.11. The van der Waals surface area contributed by atoms with E-state index in [1.807, 2.05) is 0 Å². The van der Waals surface area contributed by atoms with Crippen molar-refractivity contribution in [1.82, 2.24) is 0 Å². The van der Waals surface area contributed by atoms with Crippen molar-refractivity contribution in [1.29, 1.82) is 0 Å². The number of hydrogen-bond donors (Lipinski definition) is 0. The molecule has 0 heterocycles. The molecule has 6 nitrogen and oxygen atoms in total. The molecule has 1 aromatic carbocycles. The Morgan fingerprint density at radius 2 is 1.73 bits per heavy atom. The van der Waals surface area contributed by atoms with Crippen LogP contribution < -0.4 is 0 Å². The van der Waals surface area contributed by atoms with Gasteiger partial charge in [0.15, 0.2) is 0 Å². The average Bonchev–Trinajstić information content (AvgIpc) is 2.18. The molecule has 0 bridgehead atoms. The second-order valence-corrected chi connectivity index (χ2v) is 2.77. The van der Waals surface area contributed by atoms with Gasteiger partial charge < -0.3 is 0 Å². The summed E-state index contributed by atoms with van der Waals surface area (Å²) in [6, 6.07) is 6.95. The van der Waals surface area contributed by atoms with E-state index < -0.39 is 15.9 Å². The van der Waals surface area contributed by atoms with Gasteiger partial charge in [-0.15, -0.1) is 0 Å². The van der Waals surface area contributed by atoms with Gasteiger partial charge in [-0.2, -0.15) is 0 Å². The fourth-order valence-electron chi connectivity index (χ4n) is 1.11. The highest BCUT2D eigenvalue weighted by molar-refractivity contribution is 5.20. The molecule has 0 saturated carbocycles. The summed E-state index contributed by atoms with van der Waals surface area (Å²) in [5.41, 5.74) is 0.417. The Morgan fingerprint density at radius 3 is 2.20 bits per heavy atom. The van der Waals surface area contributed by atoms with E-state index in [9.17, 15) is 20.2 Å². The molecule has 1 aromatic rings. The Kier molecular flexibility index (Phi) is 3.50. The molecule has 6 heteroatoms. The molecule has 1 atom stereocenters. The van der Waals surface area contributed by atoms with Gasteiger partial charge in [0.25, 0.3) is 6.04 Å². The highest BCUT2D eigenvalue weighted by Crippen LogP contribution is 2.17. The van der Waals surface area contributed by atoms with Gasteiger partial charge in [0, 0.05) is 10.5 Å². The third-order valence-corrected chi connectivity index (χ3v) is 1.76. The Bertz CT molecular complexity index is 388. The standard InChI is InChI=1S/C9H8N2O4/c12-10(13)7-6-9(11(14)15)8-4-2-1-3-5-8/h1-7,9H. The maximum Gasteiger partial charge on any atom is 0.262 e. The van der Waals surface area contributed by atoms with Gasteiger partial charge in [-0.1, -0.05) is 30.3 Å². The molecule has 0 spiro atoms. The van der Waals surface area contributed by atoms with Crippen LogP contribution in [0.4, 0.5) is 0 Å². The average molecular weight is 208 g/mol. The summed E-state index contributed by atoms with van der Waals surface area (Å²) >= 11 is 0. The van der Waals surface area contributed by atoms with E-state index in [0.717, 1.165) is 6.08 Å². The maximum atomic E-state index is 10.6. The molecule has 0 aliphatic carbocycles. The summed E-state index contributed by atoms with van der Waals surface area (Å²) in [5.74, 6) is 0. The first kappa shape index (κ1) is 10.8.